The first-order chi connectivity index (χ1) is 22.8. The van der Waals surface area contributed by atoms with E-state index in [1.165, 1.54) is 154 Å². The second-order valence-electron chi connectivity index (χ2n) is 15.6. The molecule has 8 heteroatoms. The molecule has 3 saturated heterocycles. The zero-order valence-electron chi connectivity index (χ0n) is 31.8. The molecule has 6 nitrogen and oxygen atoms in total. The fourth-order valence-electron chi connectivity index (χ4n) is 8.18. The molecule has 3 aliphatic heterocycles. The molecule has 5 atom stereocenters. The van der Waals surface area contributed by atoms with Gasteiger partial charge in [0.15, 0.2) is 0 Å². The minimum absolute atomic E-state index is 0.155. The molecule has 278 valence electrons. The van der Waals surface area contributed by atoms with Gasteiger partial charge in [0.2, 0.25) is 0 Å². The summed E-state index contributed by atoms with van der Waals surface area (Å²) < 4.78 is 39.6. The zero-order chi connectivity index (χ0) is 33.9. The Morgan fingerprint density at radius 2 is 0.851 bits per heavy atom. The molecule has 1 N–H and O–H groups in total. The fraction of sp³-hybridized carbons (Fsp3) is 1.00. The van der Waals surface area contributed by atoms with Crippen LogP contribution in [0.3, 0.4) is 0 Å². The van der Waals surface area contributed by atoms with Gasteiger partial charge in [-0.05, 0) is 0 Å². The van der Waals surface area contributed by atoms with Crippen molar-refractivity contribution in [2.45, 2.75) is 237 Å². The average Bonchev–Trinajstić information content (AvgIpc) is 3.46. The molecule has 0 unspecified atom stereocenters. The molecule has 0 radical (unpaired) electrons. The van der Waals surface area contributed by atoms with E-state index < -0.39 is 50.3 Å². The van der Waals surface area contributed by atoms with Crippen molar-refractivity contribution in [2.75, 3.05) is 6.61 Å². The molecule has 3 aliphatic rings. The average molecular weight is 880 g/mol. The van der Waals surface area contributed by atoms with Gasteiger partial charge < -0.3 is 0 Å². The van der Waals surface area contributed by atoms with E-state index in [1.54, 1.807) is 6.92 Å². The third-order valence-corrected chi connectivity index (χ3v) is 31.8. The summed E-state index contributed by atoms with van der Waals surface area (Å²) >= 11 is -6.89. The molecule has 0 aromatic heterocycles. The van der Waals surface area contributed by atoms with Crippen LogP contribution in [0.15, 0.2) is 0 Å². The van der Waals surface area contributed by atoms with Crippen molar-refractivity contribution in [1.29, 1.82) is 0 Å². The van der Waals surface area contributed by atoms with Crippen LogP contribution >= 0.6 is 0 Å². The van der Waals surface area contributed by atoms with E-state index in [4.69, 9.17) is 17.0 Å². The Hall–Kier alpha value is 1.36. The van der Waals surface area contributed by atoms with Gasteiger partial charge in [0.05, 0.1) is 0 Å². The van der Waals surface area contributed by atoms with Crippen LogP contribution in [-0.4, -0.2) is 80.3 Å². The summed E-state index contributed by atoms with van der Waals surface area (Å²) in [7, 11) is 0. The van der Waals surface area contributed by atoms with E-state index in [9.17, 15) is 5.11 Å². The van der Waals surface area contributed by atoms with Gasteiger partial charge in [0, 0.05) is 0 Å². The predicted molar refractivity (Wildman–Crippen MR) is 200 cm³/mol. The van der Waals surface area contributed by atoms with Gasteiger partial charge >= 0.3 is 304 Å². The Kier molecular flexibility index (Phi) is 21.7. The topological polar surface area (TPSA) is 66.4 Å². The van der Waals surface area contributed by atoms with E-state index in [-0.39, 0.29) is 18.3 Å². The summed E-state index contributed by atoms with van der Waals surface area (Å²) in [5.41, 5.74) is 0. The van der Waals surface area contributed by atoms with Crippen LogP contribution in [0.1, 0.15) is 189 Å². The molecule has 3 fully saturated rings. The number of hydrogen-bond donors (Lipinski definition) is 1. The summed E-state index contributed by atoms with van der Waals surface area (Å²) in [6.07, 6.45) is 29.9. The maximum absolute atomic E-state index is 11.7. The van der Waals surface area contributed by atoms with Gasteiger partial charge in [-0.2, -0.15) is 0 Å². The van der Waals surface area contributed by atoms with Crippen molar-refractivity contribution in [3.63, 3.8) is 0 Å². The zero-order valence-corrected chi connectivity index (χ0v) is 37.5. The molecule has 0 bridgehead atoms. The summed E-state index contributed by atoms with van der Waals surface area (Å²) in [6.45, 7) is 11.5. The number of rotatable bonds is 28. The number of fused-ring (bicyclic) bond motifs is 3. The van der Waals surface area contributed by atoms with Crippen molar-refractivity contribution < 1.29 is 22.1 Å². The van der Waals surface area contributed by atoms with E-state index in [0.29, 0.717) is 6.61 Å². The van der Waals surface area contributed by atoms with Crippen molar-refractivity contribution in [1.82, 2.24) is 0 Å². The molecule has 0 aliphatic carbocycles. The summed E-state index contributed by atoms with van der Waals surface area (Å²) in [5.74, 6) is -1.37. The Morgan fingerprint density at radius 1 is 0.489 bits per heavy atom. The quantitative estimate of drug-likeness (QED) is 0.0624. The first-order valence-corrected chi connectivity index (χ1v) is 33.6. The van der Waals surface area contributed by atoms with Crippen molar-refractivity contribution in [3.05, 3.63) is 0 Å². The molecule has 3 rings (SSSR count). The van der Waals surface area contributed by atoms with Crippen LogP contribution in [0, 0.1) is 0 Å². The SMILES string of the molecule is CCCCCCC[CH2][Sn]1([CH2]CCCCCCC)[O]C[C@H]2O[C@](C)(O)[C@@H]3[O][Sn]([CH2]CCCCCCC)([CH2]CCCCCCC)[O][C@H]3[C@@H]2[O]1. The maximum atomic E-state index is 11.7. The first-order valence-electron chi connectivity index (χ1n) is 20.9. The van der Waals surface area contributed by atoms with Crippen molar-refractivity contribution in [2.24, 2.45) is 0 Å². The third kappa shape index (κ3) is 14.7. The van der Waals surface area contributed by atoms with E-state index in [2.05, 4.69) is 27.7 Å². The Morgan fingerprint density at radius 3 is 1.28 bits per heavy atom. The van der Waals surface area contributed by atoms with Crippen molar-refractivity contribution >= 4 is 38.4 Å². The fourth-order valence-corrected chi connectivity index (χ4v) is 29.8. The molecule has 0 saturated carbocycles. The Bertz CT molecular complexity index is 765. The van der Waals surface area contributed by atoms with Gasteiger partial charge in [-0.15, -0.1) is 0 Å². The summed E-state index contributed by atoms with van der Waals surface area (Å²) in [5, 5.41) is 11.7. The van der Waals surface area contributed by atoms with Crippen LogP contribution in [0.2, 0.25) is 17.7 Å². The van der Waals surface area contributed by atoms with Gasteiger partial charge in [0.25, 0.3) is 0 Å². The van der Waals surface area contributed by atoms with Crippen LogP contribution in [-0.2, 0) is 17.0 Å². The van der Waals surface area contributed by atoms with Gasteiger partial charge in [-0.25, -0.2) is 0 Å². The third-order valence-electron chi connectivity index (χ3n) is 11.1. The summed E-state index contributed by atoms with van der Waals surface area (Å²) in [4.78, 5) is 0. The molecule has 0 spiro atoms. The molecular formula is C39H78O6Sn2. The molecule has 0 aromatic carbocycles. The monoisotopic (exact) mass is 882 g/mol. The molecule has 47 heavy (non-hydrogen) atoms. The second-order valence-corrected chi connectivity index (χ2v) is 34.6. The standard InChI is InChI=1S/4C8H17.C7H10O6.2Sn/c4*1-3-5-7-8-6-4-2;1-7(12)6(11)5(10)4(9)3(2-8)13-7;;/h4*1,3-8H2,2H3;3-6,12H,2H2,1H3;;/q;;;;-4;2*+2/t;;;;3-,4-,5+,6-,7+;;/m....1../s1. The Labute approximate surface area is 301 Å². The number of unbranched alkanes of at least 4 members (excludes halogenated alkanes) is 20. The molecule has 0 aromatic rings. The van der Waals surface area contributed by atoms with Gasteiger partial charge in [0.1, 0.15) is 0 Å². The molecule has 3 heterocycles. The number of ether oxygens (including phenoxy) is 1. The summed E-state index contributed by atoms with van der Waals surface area (Å²) in [6, 6.07) is 0. The van der Waals surface area contributed by atoms with Crippen LogP contribution < -0.4 is 0 Å². The predicted octanol–water partition coefficient (Wildman–Crippen LogP) is 11.6. The van der Waals surface area contributed by atoms with Gasteiger partial charge in [-0.1, -0.05) is 0 Å². The molecule has 0 amide bonds. The van der Waals surface area contributed by atoms with Crippen LogP contribution in [0.5, 0.6) is 0 Å². The normalized spacial score (nSPS) is 28.0. The van der Waals surface area contributed by atoms with Crippen molar-refractivity contribution in [3.8, 4) is 0 Å². The first kappa shape index (κ1) is 42.8. The molecular weight excluding hydrogens is 802 g/mol. The number of aliphatic hydroxyl groups is 1. The van der Waals surface area contributed by atoms with E-state index in [0.717, 1.165) is 17.7 Å². The van der Waals surface area contributed by atoms with Crippen LogP contribution in [0.4, 0.5) is 0 Å². The second kappa shape index (κ2) is 23.8. The van der Waals surface area contributed by atoms with Gasteiger partial charge in [-0.3, -0.25) is 0 Å². The van der Waals surface area contributed by atoms with Crippen LogP contribution in [0.25, 0.3) is 0 Å². The minimum atomic E-state index is -3.49. The Balaban J connectivity index is 1.72. The van der Waals surface area contributed by atoms with E-state index >= 15 is 0 Å². The van der Waals surface area contributed by atoms with E-state index in [1.807, 2.05) is 0 Å². The number of hydrogen-bond acceptors (Lipinski definition) is 6.